The Kier molecular flexibility index (Phi) is 4.02. The molecule has 1 N–H and O–H groups in total. The first-order chi connectivity index (χ1) is 8.99. The van der Waals surface area contributed by atoms with Gasteiger partial charge in [-0.25, -0.2) is 4.79 Å². The van der Waals surface area contributed by atoms with Crippen LogP contribution in [-0.2, 0) is 6.61 Å². The minimum absolute atomic E-state index is 0.124. The van der Waals surface area contributed by atoms with Gasteiger partial charge in [-0.1, -0.05) is 29.3 Å². The van der Waals surface area contributed by atoms with Crippen LogP contribution >= 0.6 is 23.2 Å². The van der Waals surface area contributed by atoms with Crippen LogP contribution in [0.15, 0.2) is 28.7 Å². The number of aromatic carboxylic acids is 1. The van der Waals surface area contributed by atoms with Crippen molar-refractivity contribution in [1.29, 1.82) is 0 Å². The van der Waals surface area contributed by atoms with E-state index in [0.29, 0.717) is 27.1 Å². The normalized spacial score (nSPS) is 10.5. The molecular weight excluding hydrogens is 291 g/mol. The van der Waals surface area contributed by atoms with E-state index >= 15 is 0 Å². The second-order valence-corrected chi connectivity index (χ2v) is 4.65. The molecular formula is C13H10Cl2O4. The van der Waals surface area contributed by atoms with Crippen LogP contribution in [0.5, 0.6) is 5.75 Å². The first-order valence-electron chi connectivity index (χ1n) is 5.38. The summed E-state index contributed by atoms with van der Waals surface area (Å²) in [4.78, 5) is 10.8. The number of carboxylic acids is 1. The average molecular weight is 301 g/mol. The van der Waals surface area contributed by atoms with E-state index in [1.165, 1.54) is 6.07 Å². The molecule has 1 aromatic heterocycles. The maximum atomic E-state index is 10.8. The standard InChI is InChI=1S/C13H10Cl2O4/c1-7-8(5-11(19-7)13(16)17)6-18-12-9(14)3-2-4-10(12)15/h2-5H,6H2,1H3,(H,16,17). The lowest BCUT2D eigenvalue weighted by Gasteiger charge is -2.08. The number of aryl methyl sites for hydroxylation is 1. The number of benzene rings is 1. The number of halogens is 2. The Balaban J connectivity index is 2.17. The molecule has 0 saturated carbocycles. The van der Waals surface area contributed by atoms with Gasteiger partial charge < -0.3 is 14.3 Å². The van der Waals surface area contributed by atoms with Crippen molar-refractivity contribution in [3.05, 3.63) is 51.4 Å². The molecule has 2 rings (SSSR count). The fraction of sp³-hybridized carbons (Fsp3) is 0.154. The van der Waals surface area contributed by atoms with Crippen molar-refractivity contribution >= 4 is 29.2 Å². The third-order valence-corrected chi connectivity index (χ3v) is 3.12. The van der Waals surface area contributed by atoms with E-state index in [9.17, 15) is 4.79 Å². The monoisotopic (exact) mass is 300 g/mol. The van der Waals surface area contributed by atoms with Crippen molar-refractivity contribution in [3.63, 3.8) is 0 Å². The zero-order valence-electron chi connectivity index (χ0n) is 9.94. The van der Waals surface area contributed by atoms with E-state index in [1.807, 2.05) is 0 Å². The van der Waals surface area contributed by atoms with Gasteiger partial charge in [0.25, 0.3) is 0 Å². The first kappa shape index (κ1) is 13.8. The number of carbonyl (C=O) groups is 1. The average Bonchev–Trinajstić information content (AvgIpc) is 2.70. The summed E-state index contributed by atoms with van der Waals surface area (Å²) in [6.07, 6.45) is 0. The number of carboxylic acid groups (broad SMARTS) is 1. The molecule has 0 atom stereocenters. The largest absolute Gasteiger partial charge is 0.486 e. The number of rotatable bonds is 4. The van der Waals surface area contributed by atoms with Crippen molar-refractivity contribution in [2.24, 2.45) is 0 Å². The molecule has 0 fully saturated rings. The molecule has 6 heteroatoms. The van der Waals surface area contributed by atoms with Crippen LogP contribution in [-0.4, -0.2) is 11.1 Å². The molecule has 0 spiro atoms. The van der Waals surface area contributed by atoms with E-state index in [1.54, 1.807) is 25.1 Å². The van der Waals surface area contributed by atoms with Crippen molar-refractivity contribution in [2.75, 3.05) is 0 Å². The molecule has 0 bridgehead atoms. The van der Waals surface area contributed by atoms with Crippen molar-refractivity contribution in [1.82, 2.24) is 0 Å². The van der Waals surface area contributed by atoms with E-state index in [2.05, 4.69) is 0 Å². The third-order valence-electron chi connectivity index (χ3n) is 2.52. The lowest BCUT2D eigenvalue weighted by molar-refractivity contribution is 0.0661. The summed E-state index contributed by atoms with van der Waals surface area (Å²) in [7, 11) is 0. The maximum Gasteiger partial charge on any atom is 0.371 e. The van der Waals surface area contributed by atoms with E-state index < -0.39 is 5.97 Å². The van der Waals surface area contributed by atoms with Gasteiger partial charge in [-0.05, 0) is 25.1 Å². The van der Waals surface area contributed by atoms with E-state index in [0.717, 1.165) is 0 Å². The lowest BCUT2D eigenvalue weighted by Crippen LogP contribution is -1.97. The molecule has 100 valence electrons. The van der Waals surface area contributed by atoms with Gasteiger partial charge in [0, 0.05) is 5.56 Å². The molecule has 2 aromatic rings. The Hall–Kier alpha value is -1.65. The molecule has 1 aromatic carbocycles. The van der Waals surface area contributed by atoms with Crippen molar-refractivity contribution in [2.45, 2.75) is 13.5 Å². The number of furan rings is 1. The van der Waals surface area contributed by atoms with Crippen LogP contribution in [0.4, 0.5) is 0 Å². The Morgan fingerprint density at radius 3 is 2.53 bits per heavy atom. The molecule has 0 unspecified atom stereocenters. The van der Waals surface area contributed by atoms with Gasteiger partial charge in [-0.2, -0.15) is 0 Å². The Morgan fingerprint density at radius 2 is 2.00 bits per heavy atom. The summed E-state index contributed by atoms with van der Waals surface area (Å²) in [5.74, 6) is -0.393. The third kappa shape index (κ3) is 3.03. The smallest absolute Gasteiger partial charge is 0.371 e. The quantitative estimate of drug-likeness (QED) is 0.920. The Labute approximate surface area is 119 Å². The van der Waals surface area contributed by atoms with Crippen LogP contribution in [0.2, 0.25) is 10.0 Å². The predicted octanol–water partition coefficient (Wildman–Crippen LogP) is 4.17. The van der Waals surface area contributed by atoms with Crippen LogP contribution in [0.3, 0.4) is 0 Å². The summed E-state index contributed by atoms with van der Waals surface area (Å²) in [6.45, 7) is 1.80. The SMILES string of the molecule is Cc1oc(C(=O)O)cc1COc1c(Cl)cccc1Cl. The van der Waals surface area contributed by atoms with Crippen LogP contribution in [0.25, 0.3) is 0 Å². The molecule has 4 nitrogen and oxygen atoms in total. The highest BCUT2D eigenvalue weighted by Gasteiger charge is 2.14. The van der Waals surface area contributed by atoms with Crippen LogP contribution in [0.1, 0.15) is 21.9 Å². The highest BCUT2D eigenvalue weighted by atomic mass is 35.5. The highest BCUT2D eigenvalue weighted by Crippen LogP contribution is 2.33. The lowest BCUT2D eigenvalue weighted by atomic mass is 10.2. The van der Waals surface area contributed by atoms with Crippen molar-refractivity contribution in [3.8, 4) is 5.75 Å². The fourth-order valence-corrected chi connectivity index (χ4v) is 2.05. The van der Waals surface area contributed by atoms with E-state index in [-0.39, 0.29) is 12.4 Å². The number of para-hydroxylation sites is 1. The van der Waals surface area contributed by atoms with Gasteiger partial charge in [0.05, 0.1) is 10.0 Å². The highest BCUT2D eigenvalue weighted by molar-refractivity contribution is 6.37. The Morgan fingerprint density at radius 1 is 1.37 bits per heavy atom. The van der Waals surface area contributed by atoms with Crippen LogP contribution in [0, 0.1) is 6.92 Å². The van der Waals surface area contributed by atoms with Gasteiger partial charge in [0.2, 0.25) is 5.76 Å². The molecule has 0 radical (unpaired) electrons. The summed E-state index contributed by atoms with van der Waals surface area (Å²) < 4.78 is 10.6. The second kappa shape index (κ2) is 5.55. The van der Waals surface area contributed by atoms with Gasteiger partial charge in [-0.15, -0.1) is 0 Å². The minimum Gasteiger partial charge on any atom is -0.486 e. The minimum atomic E-state index is -1.12. The van der Waals surface area contributed by atoms with Gasteiger partial charge >= 0.3 is 5.97 Å². The molecule has 0 aliphatic rings. The predicted molar refractivity (Wildman–Crippen MR) is 71.2 cm³/mol. The Bertz CT molecular complexity index is 599. The van der Waals surface area contributed by atoms with Gasteiger partial charge in [0.1, 0.15) is 12.4 Å². The zero-order chi connectivity index (χ0) is 14.0. The number of hydrogen-bond acceptors (Lipinski definition) is 3. The second-order valence-electron chi connectivity index (χ2n) is 3.84. The van der Waals surface area contributed by atoms with Gasteiger partial charge in [-0.3, -0.25) is 0 Å². The van der Waals surface area contributed by atoms with E-state index in [4.69, 9.17) is 37.5 Å². The molecule has 0 saturated heterocycles. The zero-order valence-corrected chi connectivity index (χ0v) is 11.5. The number of hydrogen-bond donors (Lipinski definition) is 1. The summed E-state index contributed by atoms with van der Waals surface area (Å²) in [5, 5.41) is 9.61. The topological polar surface area (TPSA) is 59.7 Å². The first-order valence-corrected chi connectivity index (χ1v) is 6.14. The van der Waals surface area contributed by atoms with Crippen LogP contribution < -0.4 is 4.74 Å². The van der Waals surface area contributed by atoms with Crippen molar-refractivity contribution < 1.29 is 19.1 Å². The van der Waals surface area contributed by atoms with Gasteiger partial charge in [0.15, 0.2) is 5.75 Å². The molecule has 19 heavy (non-hydrogen) atoms. The molecule has 0 aliphatic heterocycles. The fourth-order valence-electron chi connectivity index (χ4n) is 1.54. The molecule has 0 amide bonds. The summed E-state index contributed by atoms with van der Waals surface area (Å²) >= 11 is 11.9. The number of ether oxygens (including phenoxy) is 1. The molecule has 0 aliphatic carbocycles. The molecule has 1 heterocycles. The summed E-state index contributed by atoms with van der Waals surface area (Å²) in [5.41, 5.74) is 0.633. The summed E-state index contributed by atoms with van der Waals surface area (Å²) in [6, 6.07) is 6.45. The maximum absolute atomic E-state index is 10.8.